The summed E-state index contributed by atoms with van der Waals surface area (Å²) in [6.07, 6.45) is -4.44. The Labute approximate surface area is 170 Å². The lowest BCUT2D eigenvalue weighted by atomic mass is 10.0. The topological polar surface area (TPSA) is 38.1 Å². The van der Waals surface area contributed by atoms with Crippen molar-refractivity contribution in [3.63, 3.8) is 0 Å². The fraction of sp³-hybridized carbons (Fsp3) is 0.238. The molecule has 0 unspecified atom stereocenters. The zero-order chi connectivity index (χ0) is 20.9. The maximum atomic E-state index is 13.0. The van der Waals surface area contributed by atoms with E-state index >= 15 is 0 Å². The van der Waals surface area contributed by atoms with E-state index in [0.29, 0.717) is 39.9 Å². The summed E-state index contributed by atoms with van der Waals surface area (Å²) in [5.41, 5.74) is 1.24. The number of aromatic nitrogens is 2. The van der Waals surface area contributed by atoms with Crippen LogP contribution in [0.15, 0.2) is 48.5 Å². The summed E-state index contributed by atoms with van der Waals surface area (Å²) in [7, 11) is 0. The summed E-state index contributed by atoms with van der Waals surface area (Å²) < 4.78 is 40.4. The Bertz CT molecular complexity index is 1090. The summed E-state index contributed by atoms with van der Waals surface area (Å²) in [4.78, 5) is 19.3. The second-order valence-corrected chi connectivity index (χ2v) is 7.53. The van der Waals surface area contributed by atoms with Crippen molar-refractivity contribution in [1.82, 2.24) is 14.5 Å². The summed E-state index contributed by atoms with van der Waals surface area (Å²) in [5.74, 6) is 0.536. The summed E-state index contributed by atoms with van der Waals surface area (Å²) >= 11 is 6.35. The van der Waals surface area contributed by atoms with Crippen LogP contribution < -0.4 is 0 Å². The van der Waals surface area contributed by atoms with Crippen molar-refractivity contribution in [3.05, 3.63) is 64.9 Å². The van der Waals surface area contributed by atoms with Crippen LogP contribution in [0.25, 0.3) is 22.5 Å². The maximum absolute atomic E-state index is 13.0. The fourth-order valence-electron chi connectivity index (χ4n) is 3.45. The first-order valence-corrected chi connectivity index (χ1v) is 9.41. The fourth-order valence-corrected chi connectivity index (χ4v) is 3.68. The number of halogens is 4. The van der Waals surface area contributed by atoms with Gasteiger partial charge in [0.05, 0.1) is 28.5 Å². The first-order chi connectivity index (χ1) is 13.7. The highest BCUT2D eigenvalue weighted by Gasteiger charge is 2.36. The van der Waals surface area contributed by atoms with Crippen molar-refractivity contribution >= 4 is 17.6 Å². The Hall–Kier alpha value is -2.80. The Balaban J connectivity index is 1.92. The van der Waals surface area contributed by atoms with Gasteiger partial charge in [-0.3, -0.25) is 0 Å². The number of imidazole rings is 1. The van der Waals surface area contributed by atoms with E-state index in [0.717, 1.165) is 12.1 Å². The molecule has 0 spiro atoms. The number of fused-ring (bicyclic) bond motifs is 1. The van der Waals surface area contributed by atoms with Gasteiger partial charge in [0, 0.05) is 17.2 Å². The normalized spacial score (nSPS) is 14.0. The maximum Gasteiger partial charge on any atom is 0.416 e. The number of hydrogen-bond acceptors (Lipinski definition) is 2. The quantitative estimate of drug-likeness (QED) is 0.516. The van der Waals surface area contributed by atoms with Crippen molar-refractivity contribution in [1.29, 1.82) is 0 Å². The lowest BCUT2D eigenvalue weighted by Gasteiger charge is -2.20. The van der Waals surface area contributed by atoms with E-state index < -0.39 is 11.7 Å². The van der Waals surface area contributed by atoms with Crippen LogP contribution in [-0.4, -0.2) is 26.5 Å². The lowest BCUT2D eigenvalue weighted by Crippen LogP contribution is -2.32. The van der Waals surface area contributed by atoms with Crippen molar-refractivity contribution in [2.45, 2.75) is 32.6 Å². The third kappa shape index (κ3) is 3.29. The molecule has 0 radical (unpaired) electrons. The van der Waals surface area contributed by atoms with Gasteiger partial charge in [-0.1, -0.05) is 41.9 Å². The molecule has 8 heteroatoms. The molecule has 150 valence electrons. The monoisotopic (exact) mass is 419 g/mol. The minimum Gasteiger partial charge on any atom is -0.314 e. The number of nitrogens with zero attached hydrogens (tertiary/aromatic N) is 3. The molecule has 3 aromatic rings. The number of amides is 1. The van der Waals surface area contributed by atoms with Crippen LogP contribution in [0.1, 0.15) is 25.2 Å². The van der Waals surface area contributed by atoms with E-state index in [4.69, 9.17) is 11.6 Å². The molecule has 0 bridgehead atoms. The van der Waals surface area contributed by atoms with E-state index in [1.54, 1.807) is 29.2 Å². The SMILES string of the molecule is CC(C)N1Cc2nc(-c3ccccc3Cl)c(-c3ccc(C(F)(F)F)cc3)n2C1=O. The van der Waals surface area contributed by atoms with Gasteiger partial charge in [0.1, 0.15) is 5.82 Å². The molecule has 0 atom stereocenters. The lowest BCUT2D eigenvalue weighted by molar-refractivity contribution is -0.137. The van der Waals surface area contributed by atoms with Gasteiger partial charge in [-0.05, 0) is 32.0 Å². The second kappa shape index (κ2) is 6.91. The van der Waals surface area contributed by atoms with Gasteiger partial charge in [-0.25, -0.2) is 14.3 Å². The average molecular weight is 420 g/mol. The van der Waals surface area contributed by atoms with Gasteiger partial charge in [-0.2, -0.15) is 13.2 Å². The van der Waals surface area contributed by atoms with Crippen molar-refractivity contribution in [2.24, 2.45) is 0 Å². The molecule has 1 amide bonds. The number of alkyl halides is 3. The van der Waals surface area contributed by atoms with Gasteiger partial charge in [0.2, 0.25) is 0 Å². The molecule has 29 heavy (non-hydrogen) atoms. The third-order valence-corrected chi connectivity index (χ3v) is 5.26. The Morgan fingerprint density at radius 1 is 1.07 bits per heavy atom. The summed E-state index contributed by atoms with van der Waals surface area (Å²) in [6, 6.07) is 11.5. The standard InChI is InChI=1S/C21H17ClF3N3O/c1-12(2)27-11-17-26-18(15-5-3-4-6-16(15)22)19(28(17)20(27)29)13-7-9-14(10-8-13)21(23,24)25/h3-10,12H,11H2,1-2H3. The van der Waals surface area contributed by atoms with Gasteiger partial charge in [0.15, 0.2) is 0 Å². The minimum atomic E-state index is -4.44. The zero-order valence-electron chi connectivity index (χ0n) is 15.7. The minimum absolute atomic E-state index is 0.0339. The van der Waals surface area contributed by atoms with Crippen LogP contribution in [0.5, 0.6) is 0 Å². The molecule has 0 fully saturated rings. The van der Waals surface area contributed by atoms with Gasteiger partial charge < -0.3 is 4.90 Å². The van der Waals surface area contributed by atoms with E-state index in [9.17, 15) is 18.0 Å². The van der Waals surface area contributed by atoms with Crippen molar-refractivity contribution < 1.29 is 18.0 Å². The van der Waals surface area contributed by atoms with E-state index in [1.165, 1.54) is 16.7 Å². The van der Waals surface area contributed by atoms with Crippen molar-refractivity contribution in [3.8, 4) is 22.5 Å². The number of hydrogen-bond donors (Lipinski definition) is 0. The molecule has 2 aromatic carbocycles. The van der Waals surface area contributed by atoms with E-state index in [1.807, 2.05) is 13.8 Å². The molecule has 0 saturated carbocycles. The van der Waals surface area contributed by atoms with E-state index in [-0.39, 0.29) is 12.1 Å². The number of carbonyl (C=O) groups is 1. The predicted octanol–water partition coefficient (Wildman–Crippen LogP) is 6.08. The molecule has 0 N–H and O–H groups in total. The Morgan fingerprint density at radius 2 is 1.72 bits per heavy atom. The van der Waals surface area contributed by atoms with Crippen LogP contribution in [0.4, 0.5) is 18.0 Å². The van der Waals surface area contributed by atoms with Gasteiger partial charge in [-0.15, -0.1) is 0 Å². The van der Waals surface area contributed by atoms with Crippen LogP contribution in [0, 0.1) is 0 Å². The number of benzene rings is 2. The molecule has 1 aromatic heterocycles. The zero-order valence-corrected chi connectivity index (χ0v) is 16.4. The Morgan fingerprint density at radius 3 is 2.31 bits per heavy atom. The second-order valence-electron chi connectivity index (χ2n) is 7.12. The molecule has 2 heterocycles. The predicted molar refractivity (Wildman–Crippen MR) is 105 cm³/mol. The highest BCUT2D eigenvalue weighted by Crippen LogP contribution is 2.40. The van der Waals surface area contributed by atoms with E-state index in [2.05, 4.69) is 4.98 Å². The number of carbonyl (C=O) groups excluding carboxylic acids is 1. The summed E-state index contributed by atoms with van der Waals surface area (Å²) in [6.45, 7) is 4.13. The first-order valence-electron chi connectivity index (χ1n) is 9.03. The third-order valence-electron chi connectivity index (χ3n) is 4.93. The van der Waals surface area contributed by atoms with Crippen LogP contribution in [0.2, 0.25) is 5.02 Å². The van der Waals surface area contributed by atoms with Crippen LogP contribution in [0.3, 0.4) is 0 Å². The first kappa shape index (κ1) is 19.5. The highest BCUT2D eigenvalue weighted by atomic mass is 35.5. The molecule has 4 rings (SSSR count). The average Bonchev–Trinajstić information content (AvgIpc) is 3.18. The molecule has 4 nitrogen and oxygen atoms in total. The number of rotatable bonds is 3. The smallest absolute Gasteiger partial charge is 0.314 e. The van der Waals surface area contributed by atoms with Gasteiger partial charge in [0.25, 0.3) is 0 Å². The van der Waals surface area contributed by atoms with Crippen molar-refractivity contribution in [2.75, 3.05) is 0 Å². The molecule has 0 aliphatic carbocycles. The molecule has 1 aliphatic rings. The summed E-state index contributed by atoms with van der Waals surface area (Å²) in [5, 5.41) is 0.450. The molecule has 1 aliphatic heterocycles. The molecular formula is C21H17ClF3N3O. The molecular weight excluding hydrogens is 403 g/mol. The Kier molecular flexibility index (Phi) is 4.65. The van der Waals surface area contributed by atoms with Gasteiger partial charge >= 0.3 is 12.2 Å². The highest BCUT2D eigenvalue weighted by molar-refractivity contribution is 6.33. The van der Waals surface area contributed by atoms with Crippen LogP contribution >= 0.6 is 11.6 Å². The van der Waals surface area contributed by atoms with Crippen LogP contribution in [-0.2, 0) is 12.7 Å². The largest absolute Gasteiger partial charge is 0.416 e. The molecule has 0 saturated heterocycles.